The van der Waals surface area contributed by atoms with E-state index in [2.05, 4.69) is 0 Å². The number of hydrogen-bond acceptors (Lipinski definition) is 2. The molecule has 0 saturated heterocycles. The molecule has 1 atom stereocenters. The van der Waals surface area contributed by atoms with Crippen LogP contribution in [-0.4, -0.2) is 23.3 Å². The summed E-state index contributed by atoms with van der Waals surface area (Å²) in [6.45, 7) is 2.44. The fraction of sp³-hybridized carbons (Fsp3) is 0.176. The van der Waals surface area contributed by atoms with Crippen molar-refractivity contribution in [3.05, 3.63) is 71.3 Å². The maximum absolute atomic E-state index is 12.3. The van der Waals surface area contributed by atoms with Crippen LogP contribution in [0.2, 0.25) is 0 Å². The van der Waals surface area contributed by atoms with Crippen LogP contribution in [0.4, 0.5) is 0 Å². The van der Waals surface area contributed by atoms with Crippen molar-refractivity contribution in [1.29, 1.82) is 0 Å². The number of benzene rings is 2. The molecule has 3 nitrogen and oxygen atoms in total. The molecular formula is C17H15NO2. The summed E-state index contributed by atoms with van der Waals surface area (Å²) in [5.41, 5.74) is 2.15. The van der Waals surface area contributed by atoms with Gasteiger partial charge in [-0.25, -0.2) is 0 Å². The lowest BCUT2D eigenvalue weighted by Gasteiger charge is -2.19. The zero-order chi connectivity index (χ0) is 14.1. The van der Waals surface area contributed by atoms with E-state index in [-0.39, 0.29) is 17.7 Å². The molecule has 1 aliphatic heterocycles. The average molecular weight is 265 g/mol. The number of nitrogens with zero attached hydrogens (tertiary/aromatic N) is 1. The molecule has 0 aromatic heterocycles. The minimum atomic E-state index is -0.187. The molecule has 0 spiro atoms. The Bertz CT molecular complexity index is 629. The average Bonchev–Trinajstić information content (AvgIpc) is 2.74. The normalized spacial score (nSPS) is 15.3. The fourth-order valence-corrected chi connectivity index (χ4v) is 2.57. The number of carbonyl (C=O) groups excluding carboxylic acids is 2. The summed E-state index contributed by atoms with van der Waals surface area (Å²) in [5, 5.41) is 0. The van der Waals surface area contributed by atoms with Crippen LogP contribution >= 0.6 is 0 Å². The predicted octanol–water partition coefficient (Wildman–Crippen LogP) is 3.09. The van der Waals surface area contributed by atoms with Gasteiger partial charge in [0.05, 0.1) is 11.1 Å². The van der Waals surface area contributed by atoms with Crippen molar-refractivity contribution in [2.24, 2.45) is 0 Å². The topological polar surface area (TPSA) is 37.4 Å². The molecule has 3 rings (SSSR count). The first-order valence-corrected chi connectivity index (χ1v) is 6.68. The Labute approximate surface area is 117 Å². The van der Waals surface area contributed by atoms with Gasteiger partial charge in [0, 0.05) is 6.54 Å². The maximum Gasteiger partial charge on any atom is 0.261 e. The molecule has 1 heterocycles. The molecule has 0 aliphatic carbocycles. The van der Waals surface area contributed by atoms with Crippen molar-refractivity contribution in [2.75, 3.05) is 6.54 Å². The highest BCUT2D eigenvalue weighted by Gasteiger charge is 2.35. The summed E-state index contributed by atoms with van der Waals surface area (Å²) >= 11 is 0. The third kappa shape index (κ3) is 2.01. The standard InChI is InChI=1S/C17H15NO2/c1-12(13-7-3-2-4-8-13)11-18-16(19)14-9-5-6-10-15(14)17(18)20/h2-10,12H,11H2,1H3/t12-/m1/s1. The number of amides is 2. The van der Waals surface area contributed by atoms with E-state index in [1.807, 2.05) is 37.3 Å². The Hall–Kier alpha value is -2.42. The van der Waals surface area contributed by atoms with Gasteiger partial charge in [0.2, 0.25) is 0 Å². The highest BCUT2D eigenvalue weighted by atomic mass is 16.2. The number of fused-ring (bicyclic) bond motifs is 1. The highest BCUT2D eigenvalue weighted by molar-refractivity contribution is 6.21. The summed E-state index contributed by atoms with van der Waals surface area (Å²) in [6, 6.07) is 16.9. The Morgan fingerprint density at radius 1 is 0.850 bits per heavy atom. The van der Waals surface area contributed by atoms with Crippen LogP contribution in [0.3, 0.4) is 0 Å². The zero-order valence-corrected chi connectivity index (χ0v) is 11.2. The van der Waals surface area contributed by atoms with Gasteiger partial charge >= 0.3 is 0 Å². The van der Waals surface area contributed by atoms with E-state index in [0.29, 0.717) is 17.7 Å². The van der Waals surface area contributed by atoms with E-state index in [1.165, 1.54) is 4.90 Å². The first kappa shape index (κ1) is 12.6. The third-order valence-electron chi connectivity index (χ3n) is 3.70. The minimum Gasteiger partial charge on any atom is -0.274 e. The predicted molar refractivity (Wildman–Crippen MR) is 76.7 cm³/mol. The molecule has 0 radical (unpaired) electrons. The van der Waals surface area contributed by atoms with E-state index in [0.717, 1.165) is 5.56 Å². The van der Waals surface area contributed by atoms with E-state index in [9.17, 15) is 9.59 Å². The zero-order valence-electron chi connectivity index (χ0n) is 11.2. The third-order valence-corrected chi connectivity index (χ3v) is 3.70. The van der Waals surface area contributed by atoms with Crippen LogP contribution in [0.25, 0.3) is 0 Å². The van der Waals surface area contributed by atoms with Crippen molar-refractivity contribution in [3.63, 3.8) is 0 Å². The second-order valence-corrected chi connectivity index (χ2v) is 5.08. The van der Waals surface area contributed by atoms with E-state index < -0.39 is 0 Å². The van der Waals surface area contributed by atoms with Gasteiger partial charge < -0.3 is 0 Å². The van der Waals surface area contributed by atoms with Crippen molar-refractivity contribution < 1.29 is 9.59 Å². The first-order valence-electron chi connectivity index (χ1n) is 6.68. The van der Waals surface area contributed by atoms with Crippen LogP contribution in [0.5, 0.6) is 0 Å². The van der Waals surface area contributed by atoms with E-state index in [4.69, 9.17) is 0 Å². The quantitative estimate of drug-likeness (QED) is 0.800. The lowest BCUT2D eigenvalue weighted by atomic mass is 10.0. The van der Waals surface area contributed by atoms with Gasteiger partial charge in [0.15, 0.2) is 0 Å². The van der Waals surface area contributed by atoms with Crippen molar-refractivity contribution in [3.8, 4) is 0 Å². The van der Waals surface area contributed by atoms with Crippen molar-refractivity contribution in [2.45, 2.75) is 12.8 Å². The second-order valence-electron chi connectivity index (χ2n) is 5.08. The lowest BCUT2D eigenvalue weighted by molar-refractivity contribution is 0.0646. The van der Waals surface area contributed by atoms with Crippen LogP contribution in [0.15, 0.2) is 54.6 Å². The Morgan fingerprint density at radius 3 is 1.90 bits per heavy atom. The lowest BCUT2D eigenvalue weighted by Crippen LogP contribution is -2.33. The van der Waals surface area contributed by atoms with Crippen molar-refractivity contribution in [1.82, 2.24) is 4.90 Å². The van der Waals surface area contributed by atoms with E-state index in [1.54, 1.807) is 24.3 Å². The van der Waals surface area contributed by atoms with Crippen LogP contribution in [-0.2, 0) is 0 Å². The Kier molecular flexibility index (Phi) is 3.11. The Balaban J connectivity index is 1.84. The summed E-state index contributed by atoms with van der Waals surface area (Å²) in [5.74, 6) is -0.250. The van der Waals surface area contributed by atoms with Crippen LogP contribution in [0.1, 0.15) is 39.1 Å². The van der Waals surface area contributed by atoms with Gasteiger partial charge in [-0.15, -0.1) is 0 Å². The molecule has 0 unspecified atom stereocenters. The Morgan fingerprint density at radius 2 is 1.35 bits per heavy atom. The van der Waals surface area contributed by atoms with Crippen molar-refractivity contribution >= 4 is 11.8 Å². The second kappa shape index (κ2) is 4.93. The molecule has 2 amide bonds. The largest absolute Gasteiger partial charge is 0.274 e. The first-order chi connectivity index (χ1) is 9.68. The summed E-state index contributed by atoms with van der Waals surface area (Å²) in [7, 11) is 0. The number of hydrogen-bond donors (Lipinski definition) is 0. The number of carbonyl (C=O) groups is 2. The molecule has 2 aromatic rings. The summed E-state index contributed by atoms with van der Waals surface area (Å²) < 4.78 is 0. The molecule has 20 heavy (non-hydrogen) atoms. The monoisotopic (exact) mass is 265 g/mol. The molecule has 0 saturated carbocycles. The van der Waals surface area contributed by atoms with Gasteiger partial charge in [-0.3, -0.25) is 14.5 Å². The van der Waals surface area contributed by atoms with Gasteiger partial charge in [-0.1, -0.05) is 49.4 Å². The maximum atomic E-state index is 12.3. The van der Waals surface area contributed by atoms with E-state index >= 15 is 0 Å². The highest BCUT2D eigenvalue weighted by Crippen LogP contribution is 2.25. The minimum absolute atomic E-state index is 0.124. The fourth-order valence-electron chi connectivity index (χ4n) is 2.57. The smallest absolute Gasteiger partial charge is 0.261 e. The van der Waals surface area contributed by atoms with Gasteiger partial charge in [0.1, 0.15) is 0 Å². The molecule has 0 N–H and O–H groups in total. The summed E-state index contributed by atoms with van der Waals surface area (Å²) in [4.78, 5) is 25.9. The molecule has 1 aliphatic rings. The molecule has 2 aromatic carbocycles. The molecule has 3 heteroatoms. The van der Waals surface area contributed by atoms with Gasteiger partial charge in [-0.2, -0.15) is 0 Å². The molecule has 100 valence electrons. The number of imide groups is 1. The van der Waals surface area contributed by atoms with Gasteiger partial charge in [0.25, 0.3) is 11.8 Å². The van der Waals surface area contributed by atoms with Crippen LogP contribution < -0.4 is 0 Å². The van der Waals surface area contributed by atoms with Crippen LogP contribution in [0, 0.1) is 0 Å². The molecular weight excluding hydrogens is 250 g/mol. The van der Waals surface area contributed by atoms with Gasteiger partial charge in [-0.05, 0) is 23.6 Å². The molecule has 0 bridgehead atoms. The molecule has 0 fully saturated rings. The summed E-state index contributed by atoms with van der Waals surface area (Å²) in [6.07, 6.45) is 0. The SMILES string of the molecule is C[C@H](CN1C(=O)c2ccccc2C1=O)c1ccccc1. The number of rotatable bonds is 3.